The fraction of sp³-hybridized carbons (Fsp3) is 0.478. The predicted molar refractivity (Wildman–Crippen MR) is 118 cm³/mol. The number of nitrogens with zero attached hydrogens (tertiary/aromatic N) is 5. The number of piperidine rings is 1. The van der Waals surface area contributed by atoms with Gasteiger partial charge in [0.05, 0.1) is 35.0 Å². The van der Waals surface area contributed by atoms with E-state index >= 15 is 4.39 Å². The van der Waals surface area contributed by atoms with Crippen molar-refractivity contribution in [3.63, 3.8) is 0 Å². The molecule has 6 rings (SSSR count). The van der Waals surface area contributed by atoms with Gasteiger partial charge in [0.15, 0.2) is 11.4 Å². The summed E-state index contributed by atoms with van der Waals surface area (Å²) in [6.45, 7) is 2.68. The maximum absolute atomic E-state index is 16.2. The van der Waals surface area contributed by atoms with Gasteiger partial charge in [0, 0.05) is 31.3 Å². The number of nitrogens with one attached hydrogen (secondary N) is 1. The lowest BCUT2D eigenvalue weighted by atomic mass is 9.95. The maximum atomic E-state index is 16.2. The van der Waals surface area contributed by atoms with Gasteiger partial charge < -0.3 is 19.4 Å². The monoisotopic (exact) mass is 470 g/mol. The SMILES string of the molecule is O=c1ccc2ncc(F)c3c2n1C[C@]3(F)CN1CCC(NCc2cc3c(nn2)OCCO3)CC1. The molecule has 3 aliphatic heterocycles. The van der Waals surface area contributed by atoms with Crippen molar-refractivity contribution in [2.45, 2.75) is 37.6 Å². The molecule has 0 aromatic carbocycles. The Kier molecular flexibility index (Phi) is 5.18. The molecule has 0 radical (unpaired) electrons. The highest BCUT2D eigenvalue weighted by Crippen LogP contribution is 2.41. The number of halogens is 2. The van der Waals surface area contributed by atoms with E-state index in [0.717, 1.165) is 24.7 Å². The molecule has 1 saturated heterocycles. The Bertz CT molecular complexity index is 1310. The standard InChI is InChI=1S/C23H24F2N6O3/c24-16-11-27-17-1-2-19(32)31-13-23(25,20(16)21(17)31)12-30-5-3-14(4-6-30)26-10-15-9-18-22(29-28-15)34-8-7-33-18/h1-2,9,11,14,26H,3-8,10,12-13H2/t23-/m1/s1. The van der Waals surface area contributed by atoms with E-state index in [1.807, 2.05) is 11.0 Å². The molecule has 0 unspecified atom stereocenters. The average molecular weight is 470 g/mol. The summed E-state index contributed by atoms with van der Waals surface area (Å²) in [6.07, 6.45) is 2.67. The third-order valence-corrected chi connectivity index (χ3v) is 6.80. The predicted octanol–water partition coefficient (Wildman–Crippen LogP) is 1.53. The van der Waals surface area contributed by atoms with Crippen LogP contribution < -0.4 is 20.3 Å². The van der Waals surface area contributed by atoms with E-state index in [4.69, 9.17) is 9.47 Å². The maximum Gasteiger partial charge on any atom is 0.276 e. The molecule has 0 bridgehead atoms. The van der Waals surface area contributed by atoms with E-state index < -0.39 is 11.5 Å². The quantitative estimate of drug-likeness (QED) is 0.600. The van der Waals surface area contributed by atoms with Gasteiger partial charge in [-0.05, 0) is 32.0 Å². The number of hydrogen-bond acceptors (Lipinski definition) is 8. The summed E-state index contributed by atoms with van der Waals surface area (Å²) in [5, 5.41) is 11.7. The second kappa shape index (κ2) is 8.24. The molecule has 1 N–H and O–H groups in total. The van der Waals surface area contributed by atoms with E-state index in [1.54, 1.807) is 0 Å². The molecule has 0 aliphatic carbocycles. The first-order valence-corrected chi connectivity index (χ1v) is 11.5. The number of fused-ring (bicyclic) bond motifs is 1. The first-order valence-electron chi connectivity index (χ1n) is 11.5. The van der Waals surface area contributed by atoms with Crippen molar-refractivity contribution in [2.75, 3.05) is 32.8 Å². The molecule has 0 amide bonds. The van der Waals surface area contributed by atoms with Crippen LogP contribution in [0.15, 0.2) is 29.2 Å². The van der Waals surface area contributed by atoms with Gasteiger partial charge in [-0.1, -0.05) is 0 Å². The van der Waals surface area contributed by atoms with Crippen LogP contribution in [0.5, 0.6) is 11.6 Å². The largest absolute Gasteiger partial charge is 0.484 e. The molecular formula is C23H24F2N6O3. The Morgan fingerprint density at radius 2 is 2.00 bits per heavy atom. The van der Waals surface area contributed by atoms with Gasteiger partial charge in [0.25, 0.3) is 11.4 Å². The topological polar surface area (TPSA) is 94.4 Å². The van der Waals surface area contributed by atoms with Crippen LogP contribution in [0, 0.1) is 5.82 Å². The van der Waals surface area contributed by atoms with Gasteiger partial charge in [-0.3, -0.25) is 14.7 Å². The minimum atomic E-state index is -1.97. The van der Waals surface area contributed by atoms with Gasteiger partial charge in [-0.15, -0.1) is 5.10 Å². The van der Waals surface area contributed by atoms with Crippen molar-refractivity contribution in [3.05, 3.63) is 51.8 Å². The first-order chi connectivity index (χ1) is 16.5. The lowest BCUT2D eigenvalue weighted by molar-refractivity contribution is 0.0636. The molecular weight excluding hydrogens is 446 g/mol. The molecule has 1 atom stereocenters. The zero-order valence-electron chi connectivity index (χ0n) is 18.5. The van der Waals surface area contributed by atoms with Gasteiger partial charge in [-0.2, -0.15) is 5.10 Å². The summed E-state index contributed by atoms with van der Waals surface area (Å²) in [5.74, 6) is 0.321. The molecule has 3 aromatic rings. The van der Waals surface area contributed by atoms with Gasteiger partial charge in [0.1, 0.15) is 19.0 Å². The van der Waals surface area contributed by atoms with Crippen LogP contribution in [-0.2, 0) is 18.8 Å². The van der Waals surface area contributed by atoms with Crippen molar-refractivity contribution in [1.82, 2.24) is 30.0 Å². The molecule has 3 aliphatic rings. The third-order valence-electron chi connectivity index (χ3n) is 6.80. The van der Waals surface area contributed by atoms with Crippen LogP contribution in [0.25, 0.3) is 11.0 Å². The Morgan fingerprint density at radius 1 is 1.18 bits per heavy atom. The molecule has 6 heterocycles. The molecule has 34 heavy (non-hydrogen) atoms. The minimum absolute atomic E-state index is 0.0323. The van der Waals surface area contributed by atoms with Crippen LogP contribution in [-0.4, -0.2) is 63.5 Å². The Balaban J connectivity index is 1.09. The van der Waals surface area contributed by atoms with Crippen molar-refractivity contribution in [3.8, 4) is 11.6 Å². The van der Waals surface area contributed by atoms with Crippen molar-refractivity contribution in [2.24, 2.45) is 0 Å². The molecule has 178 valence electrons. The van der Waals surface area contributed by atoms with Crippen LogP contribution >= 0.6 is 0 Å². The summed E-state index contributed by atoms with van der Waals surface area (Å²) in [7, 11) is 0. The highest BCUT2D eigenvalue weighted by Gasteiger charge is 2.45. The normalized spacial score (nSPS) is 22.4. The summed E-state index contributed by atoms with van der Waals surface area (Å²) < 4.78 is 43.1. The number of aromatic nitrogens is 4. The van der Waals surface area contributed by atoms with Crippen LogP contribution in [0.1, 0.15) is 24.1 Å². The third kappa shape index (κ3) is 3.68. The van der Waals surface area contributed by atoms with E-state index in [-0.39, 0.29) is 35.8 Å². The summed E-state index contributed by atoms with van der Waals surface area (Å²) in [6, 6.07) is 4.95. The number of alkyl halides is 1. The molecule has 1 fully saturated rings. The number of hydrogen-bond donors (Lipinski definition) is 1. The lowest BCUT2D eigenvalue weighted by Crippen LogP contribution is -2.47. The fourth-order valence-electron chi connectivity index (χ4n) is 5.16. The minimum Gasteiger partial charge on any atom is -0.484 e. The van der Waals surface area contributed by atoms with E-state index in [2.05, 4.69) is 20.5 Å². The second-order valence-corrected chi connectivity index (χ2v) is 9.07. The molecule has 3 aromatic heterocycles. The highest BCUT2D eigenvalue weighted by atomic mass is 19.1. The van der Waals surface area contributed by atoms with Crippen LogP contribution in [0.4, 0.5) is 8.78 Å². The first kappa shape index (κ1) is 21.4. The zero-order chi connectivity index (χ0) is 23.3. The summed E-state index contributed by atoms with van der Waals surface area (Å²) in [5.41, 5.74) is -0.896. The average Bonchev–Trinajstić information content (AvgIpc) is 3.17. The fourth-order valence-corrected chi connectivity index (χ4v) is 5.16. The van der Waals surface area contributed by atoms with Gasteiger partial charge >= 0.3 is 0 Å². The molecule has 0 saturated carbocycles. The van der Waals surface area contributed by atoms with Crippen molar-refractivity contribution < 1.29 is 18.3 Å². The van der Waals surface area contributed by atoms with Crippen LogP contribution in [0.2, 0.25) is 0 Å². The van der Waals surface area contributed by atoms with Crippen LogP contribution in [0.3, 0.4) is 0 Å². The lowest BCUT2D eigenvalue weighted by Gasteiger charge is -2.36. The Hall–Kier alpha value is -3.18. The summed E-state index contributed by atoms with van der Waals surface area (Å²) in [4.78, 5) is 18.3. The second-order valence-electron chi connectivity index (χ2n) is 9.07. The number of rotatable bonds is 5. The molecule has 0 spiro atoms. The number of pyridine rings is 2. The van der Waals surface area contributed by atoms with E-state index in [0.29, 0.717) is 50.0 Å². The smallest absolute Gasteiger partial charge is 0.276 e. The van der Waals surface area contributed by atoms with Gasteiger partial charge in [0.2, 0.25) is 0 Å². The van der Waals surface area contributed by atoms with Crippen molar-refractivity contribution in [1.29, 1.82) is 0 Å². The summed E-state index contributed by atoms with van der Waals surface area (Å²) >= 11 is 0. The number of likely N-dealkylation sites (tertiary alicyclic amines) is 1. The van der Waals surface area contributed by atoms with Crippen molar-refractivity contribution >= 4 is 11.0 Å². The Labute approximate surface area is 193 Å². The zero-order valence-corrected chi connectivity index (χ0v) is 18.5. The molecule has 9 nitrogen and oxygen atoms in total. The molecule has 11 heteroatoms. The highest BCUT2D eigenvalue weighted by molar-refractivity contribution is 5.81. The Morgan fingerprint density at radius 3 is 2.85 bits per heavy atom. The van der Waals surface area contributed by atoms with E-state index in [1.165, 1.54) is 16.7 Å². The number of ether oxygens (including phenoxy) is 2. The van der Waals surface area contributed by atoms with Gasteiger partial charge in [-0.25, -0.2) is 8.78 Å². The van der Waals surface area contributed by atoms with E-state index in [9.17, 15) is 9.18 Å².